The van der Waals surface area contributed by atoms with Crippen LogP contribution in [0.15, 0.2) is 35.8 Å². The first-order valence-electron chi connectivity index (χ1n) is 3.00. The number of hydrogen-bond acceptors (Lipinski definition) is 1. The van der Waals surface area contributed by atoms with Gasteiger partial charge in [0.1, 0.15) is 0 Å². The molecule has 0 fully saturated rings. The van der Waals surface area contributed by atoms with E-state index in [1.807, 2.05) is 0 Å². The van der Waals surface area contributed by atoms with Gasteiger partial charge in [-0.1, -0.05) is 12.7 Å². The molecule has 2 N–H and O–H groups in total. The van der Waals surface area contributed by atoms with E-state index in [2.05, 4.69) is 6.58 Å². The molecule has 10 heavy (non-hydrogen) atoms. The second-order valence-electron chi connectivity index (χ2n) is 2.07. The van der Waals surface area contributed by atoms with E-state index in [9.17, 15) is 4.39 Å². The van der Waals surface area contributed by atoms with Crippen LogP contribution in [0.4, 0.5) is 4.39 Å². The van der Waals surface area contributed by atoms with Gasteiger partial charge in [-0.3, -0.25) is 0 Å². The van der Waals surface area contributed by atoms with Crippen LogP contribution in [0.5, 0.6) is 0 Å². The minimum absolute atomic E-state index is 0.264. The van der Waals surface area contributed by atoms with Crippen LogP contribution in [0, 0.1) is 0 Å². The lowest BCUT2D eigenvalue weighted by Crippen LogP contribution is -1.94. The summed E-state index contributed by atoms with van der Waals surface area (Å²) in [5.74, 6) is -0.264. The standard InChI is InChI=1S/C8H12FN/c1-4-8(7(3)10)5-6(2)9/h4-5H,1,10H2,2-3H3/b6-5+,8-7+. The first kappa shape index (κ1) is 8.95. The Morgan fingerprint density at radius 1 is 1.50 bits per heavy atom. The van der Waals surface area contributed by atoms with Crippen molar-refractivity contribution < 1.29 is 4.39 Å². The van der Waals surface area contributed by atoms with Crippen molar-refractivity contribution in [1.82, 2.24) is 0 Å². The van der Waals surface area contributed by atoms with Gasteiger partial charge in [-0.15, -0.1) is 0 Å². The summed E-state index contributed by atoms with van der Waals surface area (Å²) in [5.41, 5.74) is 6.61. The van der Waals surface area contributed by atoms with Gasteiger partial charge in [0.25, 0.3) is 0 Å². The monoisotopic (exact) mass is 141 g/mol. The van der Waals surface area contributed by atoms with E-state index in [-0.39, 0.29) is 5.83 Å². The molecule has 0 aromatic heterocycles. The lowest BCUT2D eigenvalue weighted by Gasteiger charge is -1.95. The maximum absolute atomic E-state index is 12.2. The van der Waals surface area contributed by atoms with Crippen LogP contribution < -0.4 is 5.73 Å². The Balaban J connectivity index is 4.56. The highest BCUT2D eigenvalue weighted by Crippen LogP contribution is 2.06. The molecular weight excluding hydrogens is 129 g/mol. The number of halogens is 1. The summed E-state index contributed by atoms with van der Waals surface area (Å²) in [7, 11) is 0. The smallest absolute Gasteiger partial charge is 0.0975 e. The molecule has 0 heterocycles. The summed E-state index contributed by atoms with van der Waals surface area (Å²) in [6.07, 6.45) is 2.88. The van der Waals surface area contributed by atoms with Crippen LogP contribution in [-0.2, 0) is 0 Å². The predicted molar refractivity (Wildman–Crippen MR) is 41.9 cm³/mol. The average Bonchev–Trinajstić information content (AvgIpc) is 1.81. The Hall–Kier alpha value is -1.05. The molecule has 2 heteroatoms. The quantitative estimate of drug-likeness (QED) is 0.586. The summed E-state index contributed by atoms with van der Waals surface area (Å²) in [4.78, 5) is 0. The minimum atomic E-state index is -0.264. The highest BCUT2D eigenvalue weighted by atomic mass is 19.1. The Kier molecular flexibility index (Phi) is 3.47. The molecule has 0 bridgehead atoms. The van der Waals surface area contributed by atoms with Crippen LogP contribution in [0.1, 0.15) is 13.8 Å². The molecule has 0 saturated heterocycles. The Morgan fingerprint density at radius 3 is 2.10 bits per heavy atom. The van der Waals surface area contributed by atoms with E-state index >= 15 is 0 Å². The molecule has 0 saturated carbocycles. The summed E-state index contributed by atoms with van der Waals surface area (Å²) >= 11 is 0. The fourth-order valence-corrected chi connectivity index (χ4v) is 0.548. The molecule has 56 valence electrons. The van der Waals surface area contributed by atoms with Crippen molar-refractivity contribution in [3.63, 3.8) is 0 Å². The van der Waals surface area contributed by atoms with Gasteiger partial charge in [-0.05, 0) is 25.5 Å². The molecule has 0 aromatic rings. The van der Waals surface area contributed by atoms with Crippen LogP contribution in [0.3, 0.4) is 0 Å². The molecule has 0 spiro atoms. The molecule has 0 aromatic carbocycles. The van der Waals surface area contributed by atoms with Crippen LogP contribution in [-0.4, -0.2) is 0 Å². The van der Waals surface area contributed by atoms with Gasteiger partial charge in [0, 0.05) is 5.70 Å². The van der Waals surface area contributed by atoms with E-state index in [4.69, 9.17) is 5.73 Å². The molecule has 1 nitrogen and oxygen atoms in total. The molecule has 0 unspecified atom stereocenters. The van der Waals surface area contributed by atoms with Crippen LogP contribution in [0.2, 0.25) is 0 Å². The van der Waals surface area contributed by atoms with E-state index in [0.717, 1.165) is 0 Å². The van der Waals surface area contributed by atoms with Crippen molar-refractivity contribution in [2.24, 2.45) is 5.73 Å². The molecule has 0 rings (SSSR count). The normalized spacial score (nSPS) is 14.5. The van der Waals surface area contributed by atoms with Crippen molar-refractivity contribution >= 4 is 0 Å². The molecular formula is C8H12FN. The van der Waals surface area contributed by atoms with Crippen molar-refractivity contribution in [3.05, 3.63) is 35.8 Å². The zero-order chi connectivity index (χ0) is 8.15. The first-order chi connectivity index (χ1) is 4.57. The maximum atomic E-state index is 12.2. The van der Waals surface area contributed by atoms with Gasteiger partial charge < -0.3 is 5.73 Å². The van der Waals surface area contributed by atoms with Crippen LogP contribution in [0.25, 0.3) is 0 Å². The highest BCUT2D eigenvalue weighted by Gasteiger charge is 1.90. The lowest BCUT2D eigenvalue weighted by molar-refractivity contribution is 0.639. The van der Waals surface area contributed by atoms with Crippen molar-refractivity contribution in [2.45, 2.75) is 13.8 Å². The third-order valence-electron chi connectivity index (χ3n) is 1.03. The SMILES string of the molecule is C=CC(/C=C(\C)F)=C(/C)N. The molecule has 0 aliphatic carbocycles. The average molecular weight is 141 g/mol. The second-order valence-corrected chi connectivity index (χ2v) is 2.07. The molecule has 0 amide bonds. The van der Waals surface area contributed by atoms with Gasteiger partial charge in [0.2, 0.25) is 0 Å². The van der Waals surface area contributed by atoms with E-state index in [1.54, 1.807) is 6.92 Å². The molecule has 0 radical (unpaired) electrons. The third kappa shape index (κ3) is 3.07. The van der Waals surface area contributed by atoms with Crippen molar-refractivity contribution in [2.75, 3.05) is 0 Å². The second kappa shape index (κ2) is 3.88. The van der Waals surface area contributed by atoms with E-state index in [0.29, 0.717) is 11.3 Å². The van der Waals surface area contributed by atoms with Crippen molar-refractivity contribution in [1.29, 1.82) is 0 Å². The number of allylic oxidation sites excluding steroid dienone is 5. The summed E-state index contributed by atoms with van der Waals surface area (Å²) in [6.45, 7) is 6.56. The minimum Gasteiger partial charge on any atom is -0.402 e. The van der Waals surface area contributed by atoms with E-state index < -0.39 is 0 Å². The Morgan fingerprint density at radius 2 is 2.00 bits per heavy atom. The number of nitrogens with two attached hydrogens (primary N) is 1. The zero-order valence-electron chi connectivity index (χ0n) is 6.32. The summed E-state index contributed by atoms with van der Waals surface area (Å²) < 4.78 is 12.2. The largest absolute Gasteiger partial charge is 0.402 e. The third-order valence-corrected chi connectivity index (χ3v) is 1.03. The van der Waals surface area contributed by atoms with Gasteiger partial charge in [-0.2, -0.15) is 0 Å². The number of hydrogen-bond donors (Lipinski definition) is 1. The lowest BCUT2D eigenvalue weighted by atomic mass is 10.2. The number of rotatable bonds is 2. The molecule has 0 atom stereocenters. The topological polar surface area (TPSA) is 26.0 Å². The van der Waals surface area contributed by atoms with Gasteiger partial charge in [0.15, 0.2) is 0 Å². The predicted octanol–water partition coefficient (Wildman–Crippen LogP) is 2.28. The van der Waals surface area contributed by atoms with Crippen molar-refractivity contribution in [3.8, 4) is 0 Å². The summed E-state index contributed by atoms with van der Waals surface area (Å²) in [6, 6.07) is 0. The fourth-order valence-electron chi connectivity index (χ4n) is 0.548. The molecule has 0 aliphatic rings. The highest BCUT2D eigenvalue weighted by molar-refractivity contribution is 5.33. The summed E-state index contributed by atoms with van der Waals surface area (Å²) in [5, 5.41) is 0. The molecule has 0 aliphatic heterocycles. The maximum Gasteiger partial charge on any atom is 0.0975 e. The Bertz CT molecular complexity index is 181. The zero-order valence-corrected chi connectivity index (χ0v) is 6.32. The first-order valence-corrected chi connectivity index (χ1v) is 3.00. The van der Waals surface area contributed by atoms with E-state index in [1.165, 1.54) is 19.1 Å². The van der Waals surface area contributed by atoms with Gasteiger partial charge in [0.05, 0.1) is 5.83 Å². The van der Waals surface area contributed by atoms with Gasteiger partial charge >= 0.3 is 0 Å². The van der Waals surface area contributed by atoms with Crippen LogP contribution >= 0.6 is 0 Å². The van der Waals surface area contributed by atoms with Gasteiger partial charge in [-0.25, -0.2) is 4.39 Å². The fraction of sp³-hybridized carbons (Fsp3) is 0.250. The Labute approximate surface area is 60.7 Å².